The molecule has 0 bridgehead atoms. The summed E-state index contributed by atoms with van der Waals surface area (Å²) in [6.07, 6.45) is 1.04. The lowest BCUT2D eigenvalue weighted by Crippen LogP contribution is -2.48. The molecule has 1 aromatic carbocycles. The molecular formula is C17H22N4O3. The standard InChI is InChI=1S/C17H22N4O3/c1-3-19(4-2)15(22)13-8-9-14-16(23)20(17(24)21(13)14)12-7-5-6-11(18)10-12/h5-7,10,13-14H,3-4,8-9,18H2,1-2H3. The number of imide groups is 1. The van der Waals surface area contributed by atoms with Crippen molar-refractivity contribution < 1.29 is 14.4 Å². The Morgan fingerprint density at radius 2 is 1.96 bits per heavy atom. The van der Waals surface area contributed by atoms with Gasteiger partial charge in [-0.25, -0.2) is 9.69 Å². The number of fused-ring (bicyclic) bond motifs is 1. The van der Waals surface area contributed by atoms with Crippen LogP contribution >= 0.6 is 0 Å². The van der Waals surface area contributed by atoms with Gasteiger partial charge in [0.1, 0.15) is 12.1 Å². The highest BCUT2D eigenvalue weighted by atomic mass is 16.2. The molecule has 2 aliphatic heterocycles. The van der Waals surface area contributed by atoms with Gasteiger partial charge in [-0.1, -0.05) is 6.07 Å². The molecule has 2 unspecified atom stereocenters. The number of benzene rings is 1. The van der Waals surface area contributed by atoms with E-state index in [4.69, 9.17) is 5.73 Å². The summed E-state index contributed by atoms with van der Waals surface area (Å²) in [5, 5.41) is 0. The summed E-state index contributed by atoms with van der Waals surface area (Å²) in [7, 11) is 0. The molecule has 2 fully saturated rings. The first-order valence-electron chi connectivity index (χ1n) is 8.30. The predicted molar refractivity (Wildman–Crippen MR) is 90.3 cm³/mol. The Kier molecular flexibility index (Phi) is 4.17. The van der Waals surface area contributed by atoms with Gasteiger partial charge in [0.2, 0.25) is 5.91 Å². The number of hydrogen-bond acceptors (Lipinski definition) is 4. The van der Waals surface area contributed by atoms with Gasteiger partial charge in [-0.2, -0.15) is 0 Å². The lowest BCUT2D eigenvalue weighted by atomic mass is 10.1. The highest BCUT2D eigenvalue weighted by Crippen LogP contribution is 2.36. The fourth-order valence-corrected chi connectivity index (χ4v) is 3.57. The van der Waals surface area contributed by atoms with Crippen LogP contribution in [0.25, 0.3) is 0 Å². The number of nitrogens with zero attached hydrogens (tertiary/aromatic N) is 3. The molecule has 2 N–H and O–H groups in total. The summed E-state index contributed by atoms with van der Waals surface area (Å²) in [6, 6.07) is 5.13. The number of likely N-dealkylation sites (N-methyl/N-ethyl adjacent to an activating group) is 1. The van der Waals surface area contributed by atoms with Gasteiger partial charge in [0.25, 0.3) is 5.91 Å². The maximum Gasteiger partial charge on any atom is 0.332 e. The molecule has 0 spiro atoms. The maximum absolute atomic E-state index is 12.8. The normalized spacial score (nSPS) is 22.9. The van der Waals surface area contributed by atoms with Gasteiger partial charge in [-0.15, -0.1) is 0 Å². The summed E-state index contributed by atoms with van der Waals surface area (Å²) < 4.78 is 0. The minimum Gasteiger partial charge on any atom is -0.399 e. The van der Waals surface area contributed by atoms with Gasteiger partial charge < -0.3 is 10.6 Å². The van der Waals surface area contributed by atoms with Crippen LogP contribution in [0.3, 0.4) is 0 Å². The fraction of sp³-hybridized carbons (Fsp3) is 0.471. The van der Waals surface area contributed by atoms with Crippen LogP contribution < -0.4 is 10.6 Å². The van der Waals surface area contributed by atoms with Gasteiger partial charge in [0.15, 0.2) is 0 Å². The minimum absolute atomic E-state index is 0.0851. The molecule has 128 valence electrons. The number of rotatable bonds is 4. The summed E-state index contributed by atoms with van der Waals surface area (Å²) >= 11 is 0. The summed E-state index contributed by atoms with van der Waals surface area (Å²) in [5.41, 5.74) is 6.70. The van der Waals surface area contributed by atoms with Crippen molar-refractivity contribution >= 4 is 29.2 Å². The highest BCUT2D eigenvalue weighted by Gasteiger charge is 2.54. The van der Waals surface area contributed by atoms with Crippen molar-refractivity contribution in [3.05, 3.63) is 24.3 Å². The van der Waals surface area contributed by atoms with E-state index in [9.17, 15) is 14.4 Å². The van der Waals surface area contributed by atoms with E-state index >= 15 is 0 Å². The zero-order chi connectivity index (χ0) is 17.4. The van der Waals surface area contributed by atoms with Crippen LogP contribution in [0.2, 0.25) is 0 Å². The largest absolute Gasteiger partial charge is 0.399 e. The van der Waals surface area contributed by atoms with Gasteiger partial charge in [0, 0.05) is 18.8 Å². The molecule has 2 heterocycles. The van der Waals surface area contributed by atoms with Crippen molar-refractivity contribution in [1.29, 1.82) is 0 Å². The Hall–Kier alpha value is -2.57. The van der Waals surface area contributed by atoms with Crippen LogP contribution in [0.15, 0.2) is 24.3 Å². The van der Waals surface area contributed by atoms with E-state index in [1.54, 1.807) is 29.2 Å². The van der Waals surface area contributed by atoms with Crippen LogP contribution in [-0.4, -0.2) is 52.8 Å². The Balaban J connectivity index is 1.89. The Morgan fingerprint density at radius 1 is 1.25 bits per heavy atom. The molecule has 1 aromatic rings. The zero-order valence-electron chi connectivity index (χ0n) is 13.9. The van der Waals surface area contributed by atoms with Crippen LogP contribution in [-0.2, 0) is 9.59 Å². The quantitative estimate of drug-likeness (QED) is 0.668. The van der Waals surface area contributed by atoms with Crippen LogP contribution in [0.5, 0.6) is 0 Å². The van der Waals surface area contributed by atoms with Crippen LogP contribution in [0.4, 0.5) is 16.2 Å². The molecular weight excluding hydrogens is 308 g/mol. The van der Waals surface area contributed by atoms with E-state index in [2.05, 4.69) is 0 Å². The zero-order valence-corrected chi connectivity index (χ0v) is 13.9. The molecule has 7 heteroatoms. The molecule has 2 saturated heterocycles. The molecule has 0 aliphatic carbocycles. The second-order valence-electron chi connectivity index (χ2n) is 6.08. The van der Waals surface area contributed by atoms with Crippen molar-refractivity contribution in [3.63, 3.8) is 0 Å². The number of hydrogen-bond donors (Lipinski definition) is 1. The number of nitrogen functional groups attached to an aromatic ring is 1. The topological polar surface area (TPSA) is 87.0 Å². The van der Waals surface area contributed by atoms with Crippen molar-refractivity contribution in [2.45, 2.75) is 38.8 Å². The third-order valence-electron chi connectivity index (χ3n) is 4.79. The Labute approximate surface area is 141 Å². The van der Waals surface area contributed by atoms with Crippen molar-refractivity contribution in [2.24, 2.45) is 0 Å². The average Bonchev–Trinajstić information content (AvgIpc) is 3.09. The minimum atomic E-state index is -0.558. The number of amides is 4. The lowest BCUT2D eigenvalue weighted by molar-refractivity contribution is -0.135. The third kappa shape index (κ3) is 2.40. The molecule has 2 aliphatic rings. The van der Waals surface area contributed by atoms with Gasteiger partial charge in [-0.05, 0) is 44.9 Å². The maximum atomic E-state index is 12.8. The second-order valence-corrected chi connectivity index (χ2v) is 6.08. The molecule has 0 radical (unpaired) electrons. The van der Waals surface area contributed by atoms with E-state index in [1.165, 1.54) is 4.90 Å². The van der Waals surface area contributed by atoms with E-state index in [0.717, 1.165) is 4.90 Å². The average molecular weight is 330 g/mol. The fourth-order valence-electron chi connectivity index (χ4n) is 3.57. The van der Waals surface area contributed by atoms with Crippen LogP contribution in [0.1, 0.15) is 26.7 Å². The molecule has 24 heavy (non-hydrogen) atoms. The van der Waals surface area contributed by atoms with Crippen molar-refractivity contribution in [3.8, 4) is 0 Å². The summed E-state index contributed by atoms with van der Waals surface area (Å²) in [4.78, 5) is 42.5. The SMILES string of the molecule is CCN(CC)C(=O)C1CCC2C(=O)N(c3cccc(N)c3)C(=O)N12. The highest BCUT2D eigenvalue weighted by molar-refractivity contribution is 6.22. The predicted octanol–water partition coefficient (Wildman–Crippen LogP) is 1.44. The first-order chi connectivity index (χ1) is 11.5. The molecule has 0 saturated carbocycles. The molecule has 0 aromatic heterocycles. The second kappa shape index (κ2) is 6.14. The lowest BCUT2D eigenvalue weighted by Gasteiger charge is -2.28. The van der Waals surface area contributed by atoms with E-state index in [0.29, 0.717) is 37.3 Å². The number of urea groups is 1. The number of carbonyl (C=O) groups excluding carboxylic acids is 3. The van der Waals surface area contributed by atoms with E-state index < -0.39 is 18.1 Å². The van der Waals surface area contributed by atoms with E-state index in [-0.39, 0.29) is 11.8 Å². The van der Waals surface area contributed by atoms with Gasteiger partial charge >= 0.3 is 6.03 Å². The van der Waals surface area contributed by atoms with Crippen molar-refractivity contribution in [1.82, 2.24) is 9.80 Å². The molecule has 3 rings (SSSR count). The third-order valence-corrected chi connectivity index (χ3v) is 4.79. The van der Waals surface area contributed by atoms with Gasteiger partial charge in [0.05, 0.1) is 5.69 Å². The Bertz CT molecular complexity index is 686. The van der Waals surface area contributed by atoms with E-state index in [1.807, 2.05) is 13.8 Å². The number of carbonyl (C=O) groups is 3. The molecule has 7 nitrogen and oxygen atoms in total. The number of anilines is 2. The van der Waals surface area contributed by atoms with Crippen LogP contribution in [0, 0.1) is 0 Å². The summed E-state index contributed by atoms with van der Waals surface area (Å²) in [5.74, 6) is -0.362. The monoisotopic (exact) mass is 330 g/mol. The smallest absolute Gasteiger partial charge is 0.332 e. The summed E-state index contributed by atoms with van der Waals surface area (Å²) in [6.45, 7) is 4.99. The van der Waals surface area contributed by atoms with Crippen molar-refractivity contribution in [2.75, 3.05) is 23.7 Å². The first kappa shape index (κ1) is 16.3. The Morgan fingerprint density at radius 3 is 2.58 bits per heavy atom. The van der Waals surface area contributed by atoms with Gasteiger partial charge in [-0.3, -0.25) is 14.5 Å². The first-order valence-corrected chi connectivity index (χ1v) is 8.30. The molecule has 2 atom stereocenters. The number of nitrogens with two attached hydrogens (primary N) is 1. The molecule has 4 amide bonds.